The van der Waals surface area contributed by atoms with Crippen LogP contribution in [-0.2, 0) is 10.0 Å². The molecule has 22 heavy (non-hydrogen) atoms. The van der Waals surface area contributed by atoms with Crippen molar-refractivity contribution in [3.05, 3.63) is 56.5 Å². The molecule has 0 saturated carbocycles. The van der Waals surface area contributed by atoms with Crippen LogP contribution in [0, 0.1) is 6.92 Å². The predicted octanol–water partition coefficient (Wildman–Crippen LogP) is 4.02. The van der Waals surface area contributed by atoms with Gasteiger partial charge in [0.25, 0.3) is 10.0 Å². The van der Waals surface area contributed by atoms with Gasteiger partial charge in [0.2, 0.25) is 0 Å². The van der Waals surface area contributed by atoms with Crippen LogP contribution >= 0.6 is 31.9 Å². The highest BCUT2D eigenvalue weighted by Crippen LogP contribution is 2.30. The summed E-state index contributed by atoms with van der Waals surface area (Å²) in [4.78, 5) is 11.0. The number of benzene rings is 2. The second-order valence-corrected chi connectivity index (χ2v) is 7.88. The van der Waals surface area contributed by atoms with Gasteiger partial charge in [0.1, 0.15) is 4.90 Å². The molecule has 2 aromatic rings. The van der Waals surface area contributed by atoms with Gasteiger partial charge in [-0.25, -0.2) is 13.2 Å². The third kappa shape index (κ3) is 3.68. The van der Waals surface area contributed by atoms with Crippen LogP contribution in [-0.4, -0.2) is 19.5 Å². The monoisotopic (exact) mass is 447 g/mol. The Kier molecular flexibility index (Phi) is 4.93. The van der Waals surface area contributed by atoms with Gasteiger partial charge in [0, 0.05) is 14.6 Å². The summed E-state index contributed by atoms with van der Waals surface area (Å²) >= 11 is 6.53. The summed E-state index contributed by atoms with van der Waals surface area (Å²) in [6, 6.07) is 8.78. The Balaban J connectivity index is 2.42. The van der Waals surface area contributed by atoms with Crippen molar-refractivity contribution in [3.63, 3.8) is 0 Å². The minimum Gasteiger partial charge on any atom is -0.478 e. The molecule has 0 radical (unpaired) electrons. The van der Waals surface area contributed by atoms with E-state index in [4.69, 9.17) is 5.11 Å². The van der Waals surface area contributed by atoms with E-state index in [1.54, 1.807) is 6.07 Å². The first kappa shape index (κ1) is 17.0. The maximum Gasteiger partial charge on any atom is 0.335 e. The lowest BCUT2D eigenvalue weighted by Crippen LogP contribution is -2.14. The van der Waals surface area contributed by atoms with E-state index in [0.717, 1.165) is 5.56 Å². The molecular formula is C14H11Br2NO4S. The van der Waals surface area contributed by atoms with Crippen LogP contribution in [0.15, 0.2) is 50.2 Å². The molecule has 0 aliphatic rings. The molecule has 0 amide bonds. The van der Waals surface area contributed by atoms with Crippen molar-refractivity contribution in [1.29, 1.82) is 0 Å². The summed E-state index contributed by atoms with van der Waals surface area (Å²) in [7, 11) is -3.85. The second-order valence-electron chi connectivity index (χ2n) is 4.52. The fraction of sp³-hybridized carbons (Fsp3) is 0.0714. The van der Waals surface area contributed by atoms with Crippen LogP contribution in [0.2, 0.25) is 0 Å². The Bertz CT molecular complexity index is 850. The lowest BCUT2D eigenvalue weighted by atomic mass is 10.2. The Labute approximate surface area is 144 Å². The molecule has 0 spiro atoms. The van der Waals surface area contributed by atoms with E-state index in [1.807, 2.05) is 6.92 Å². The van der Waals surface area contributed by atoms with Crippen LogP contribution < -0.4 is 4.72 Å². The highest BCUT2D eigenvalue weighted by molar-refractivity contribution is 9.11. The van der Waals surface area contributed by atoms with Gasteiger partial charge >= 0.3 is 5.97 Å². The van der Waals surface area contributed by atoms with Crippen molar-refractivity contribution in [2.45, 2.75) is 11.8 Å². The number of hydrogen-bond acceptors (Lipinski definition) is 3. The van der Waals surface area contributed by atoms with E-state index >= 15 is 0 Å². The fourth-order valence-corrected chi connectivity index (χ4v) is 4.49. The number of carboxylic acids is 1. The fourth-order valence-electron chi connectivity index (χ4n) is 1.76. The van der Waals surface area contributed by atoms with Gasteiger partial charge in [-0.05, 0) is 58.7 Å². The lowest BCUT2D eigenvalue weighted by Gasteiger charge is -2.11. The van der Waals surface area contributed by atoms with Crippen LogP contribution in [0.4, 0.5) is 5.69 Å². The molecular weight excluding hydrogens is 438 g/mol. The zero-order chi connectivity index (χ0) is 16.5. The smallest absolute Gasteiger partial charge is 0.335 e. The van der Waals surface area contributed by atoms with Crippen LogP contribution in [0.25, 0.3) is 0 Å². The van der Waals surface area contributed by atoms with Gasteiger partial charge in [-0.2, -0.15) is 0 Å². The molecule has 5 nitrogen and oxygen atoms in total. The third-order valence-corrected chi connectivity index (χ3v) is 6.06. The molecule has 0 aromatic heterocycles. The van der Waals surface area contributed by atoms with Crippen LogP contribution in [0.3, 0.4) is 0 Å². The number of anilines is 1. The molecule has 2 N–H and O–H groups in total. The molecule has 0 bridgehead atoms. The van der Waals surface area contributed by atoms with Gasteiger partial charge in [-0.15, -0.1) is 0 Å². The molecule has 2 aromatic carbocycles. The number of halogens is 2. The molecule has 116 valence electrons. The second kappa shape index (κ2) is 6.39. The SMILES string of the molecule is Cc1cc(Br)c(S(=O)(=O)Nc2cccc(C(=O)O)c2)cc1Br. The number of sulfonamides is 1. The quantitative estimate of drug-likeness (QED) is 0.739. The van der Waals surface area contributed by atoms with E-state index in [2.05, 4.69) is 36.6 Å². The highest BCUT2D eigenvalue weighted by Gasteiger charge is 2.19. The third-order valence-electron chi connectivity index (χ3n) is 2.86. The Morgan fingerprint density at radius 2 is 1.82 bits per heavy atom. The van der Waals surface area contributed by atoms with Crippen molar-refractivity contribution in [2.75, 3.05) is 4.72 Å². The van der Waals surface area contributed by atoms with Crippen LogP contribution in [0.5, 0.6) is 0 Å². The standard InChI is InChI=1S/C14H11Br2NO4S/c1-8-5-12(16)13(7-11(8)15)22(20,21)17-10-4-2-3-9(6-10)14(18)19/h2-7,17H,1H3,(H,18,19). The molecule has 8 heteroatoms. The van der Waals surface area contributed by atoms with Crippen molar-refractivity contribution >= 4 is 53.5 Å². The largest absolute Gasteiger partial charge is 0.478 e. The summed E-state index contributed by atoms with van der Waals surface area (Å²) in [5.41, 5.74) is 1.08. The number of hydrogen-bond donors (Lipinski definition) is 2. The summed E-state index contributed by atoms with van der Waals surface area (Å²) in [5.74, 6) is -1.12. The van der Waals surface area contributed by atoms with Crippen molar-refractivity contribution in [3.8, 4) is 0 Å². The molecule has 0 saturated heterocycles. The number of aromatic carboxylic acids is 1. The minimum absolute atomic E-state index is 0.00403. The average molecular weight is 449 g/mol. The lowest BCUT2D eigenvalue weighted by molar-refractivity contribution is 0.0697. The minimum atomic E-state index is -3.85. The molecule has 0 atom stereocenters. The van der Waals surface area contributed by atoms with Gasteiger partial charge in [0.15, 0.2) is 0 Å². The van der Waals surface area contributed by atoms with Crippen molar-refractivity contribution in [2.24, 2.45) is 0 Å². The molecule has 0 aliphatic carbocycles. The number of nitrogens with one attached hydrogen (secondary N) is 1. The van der Waals surface area contributed by atoms with E-state index in [9.17, 15) is 13.2 Å². The first-order valence-electron chi connectivity index (χ1n) is 6.02. The van der Waals surface area contributed by atoms with Crippen molar-refractivity contribution < 1.29 is 18.3 Å². The first-order chi connectivity index (χ1) is 10.2. The number of rotatable bonds is 4. The predicted molar refractivity (Wildman–Crippen MR) is 90.8 cm³/mol. The summed E-state index contributed by atoms with van der Waals surface area (Å²) in [6.45, 7) is 1.84. The highest BCUT2D eigenvalue weighted by atomic mass is 79.9. The zero-order valence-corrected chi connectivity index (χ0v) is 15.3. The summed E-state index contributed by atoms with van der Waals surface area (Å²) in [6.07, 6.45) is 0. The van der Waals surface area contributed by atoms with Gasteiger partial charge < -0.3 is 5.11 Å². The molecule has 0 heterocycles. The van der Waals surface area contributed by atoms with Gasteiger partial charge in [-0.3, -0.25) is 4.72 Å². The number of aryl methyl sites for hydroxylation is 1. The van der Waals surface area contributed by atoms with E-state index in [0.29, 0.717) is 8.95 Å². The normalized spacial score (nSPS) is 11.2. The van der Waals surface area contributed by atoms with Crippen LogP contribution in [0.1, 0.15) is 15.9 Å². The number of carboxylic acid groups (broad SMARTS) is 1. The van der Waals surface area contributed by atoms with E-state index < -0.39 is 16.0 Å². The summed E-state index contributed by atoms with van der Waals surface area (Å²) < 4.78 is 28.4. The number of carbonyl (C=O) groups is 1. The Morgan fingerprint density at radius 1 is 1.14 bits per heavy atom. The average Bonchev–Trinajstić information content (AvgIpc) is 2.42. The topological polar surface area (TPSA) is 83.5 Å². The zero-order valence-electron chi connectivity index (χ0n) is 11.3. The molecule has 0 fully saturated rings. The summed E-state index contributed by atoms with van der Waals surface area (Å²) in [5, 5.41) is 8.94. The van der Waals surface area contributed by atoms with Crippen molar-refractivity contribution in [1.82, 2.24) is 0 Å². The molecule has 2 rings (SSSR count). The maximum atomic E-state index is 12.5. The van der Waals surface area contributed by atoms with E-state index in [1.165, 1.54) is 30.3 Å². The van der Waals surface area contributed by atoms with Gasteiger partial charge in [-0.1, -0.05) is 22.0 Å². The van der Waals surface area contributed by atoms with E-state index in [-0.39, 0.29) is 16.1 Å². The first-order valence-corrected chi connectivity index (χ1v) is 9.09. The van der Waals surface area contributed by atoms with Gasteiger partial charge in [0.05, 0.1) is 5.56 Å². The Morgan fingerprint density at radius 3 is 2.45 bits per heavy atom. The maximum absolute atomic E-state index is 12.5. The Hall–Kier alpha value is -1.38. The molecule has 0 aliphatic heterocycles. The molecule has 0 unspecified atom stereocenters.